The van der Waals surface area contributed by atoms with Gasteiger partial charge in [-0.05, 0) is 42.5 Å². The zero-order valence-electron chi connectivity index (χ0n) is 15.1. The van der Waals surface area contributed by atoms with Crippen molar-refractivity contribution in [2.45, 2.75) is 0 Å². The molecule has 0 spiro atoms. The summed E-state index contributed by atoms with van der Waals surface area (Å²) in [5.74, 6) is -0.0201. The van der Waals surface area contributed by atoms with Gasteiger partial charge in [-0.3, -0.25) is 10.1 Å². The van der Waals surface area contributed by atoms with Crippen molar-refractivity contribution in [2.75, 3.05) is 43.6 Å². The first-order chi connectivity index (χ1) is 13.5. The number of ether oxygens (including phenoxy) is 2. The van der Waals surface area contributed by atoms with Crippen LogP contribution in [-0.4, -0.2) is 44.4 Å². The van der Waals surface area contributed by atoms with Crippen LogP contribution in [0.2, 0.25) is 10.0 Å². The van der Waals surface area contributed by atoms with Crippen molar-refractivity contribution < 1.29 is 14.3 Å². The number of methoxy groups -OCH3 is 1. The maximum atomic E-state index is 12.6. The molecule has 0 unspecified atom stereocenters. The molecule has 3 rings (SSSR count). The Morgan fingerprint density at radius 2 is 1.96 bits per heavy atom. The number of rotatable bonds is 4. The van der Waals surface area contributed by atoms with E-state index in [1.165, 1.54) is 13.2 Å². The molecule has 0 saturated carbocycles. The van der Waals surface area contributed by atoms with Gasteiger partial charge in [-0.15, -0.1) is 0 Å². The fourth-order valence-corrected chi connectivity index (χ4v) is 3.58. The number of amides is 1. The predicted molar refractivity (Wildman–Crippen MR) is 116 cm³/mol. The monoisotopic (exact) mass is 439 g/mol. The standard InChI is InChI=1S/C19H19Cl2N3O3S/c1-26-16-6-5-12(20)11-13(16)18(25)23-19(28)22-15-4-2-3-14(21)17(15)24-7-9-27-10-8-24/h2-6,11H,7-10H2,1H3,(H2,22,23,25,28). The summed E-state index contributed by atoms with van der Waals surface area (Å²) in [7, 11) is 1.48. The van der Waals surface area contributed by atoms with Gasteiger partial charge in [0.25, 0.3) is 5.91 Å². The van der Waals surface area contributed by atoms with Crippen molar-refractivity contribution in [3.63, 3.8) is 0 Å². The molecule has 1 amide bonds. The third-order valence-electron chi connectivity index (χ3n) is 4.20. The molecular weight excluding hydrogens is 421 g/mol. The van der Waals surface area contributed by atoms with E-state index in [1.54, 1.807) is 12.1 Å². The highest BCUT2D eigenvalue weighted by Crippen LogP contribution is 2.34. The number of thiocarbonyl (C=S) groups is 1. The molecule has 9 heteroatoms. The lowest BCUT2D eigenvalue weighted by Crippen LogP contribution is -2.38. The summed E-state index contributed by atoms with van der Waals surface area (Å²) in [5, 5.41) is 6.88. The van der Waals surface area contributed by atoms with Gasteiger partial charge in [-0.1, -0.05) is 29.3 Å². The smallest absolute Gasteiger partial charge is 0.261 e. The molecule has 1 fully saturated rings. The molecule has 1 aliphatic heterocycles. The molecule has 148 valence electrons. The molecule has 1 aliphatic rings. The van der Waals surface area contributed by atoms with E-state index in [2.05, 4.69) is 15.5 Å². The van der Waals surface area contributed by atoms with Crippen molar-refractivity contribution in [2.24, 2.45) is 0 Å². The quantitative estimate of drug-likeness (QED) is 0.702. The van der Waals surface area contributed by atoms with Crippen molar-refractivity contribution >= 4 is 57.8 Å². The van der Waals surface area contributed by atoms with Gasteiger partial charge in [-0.25, -0.2) is 0 Å². The van der Waals surface area contributed by atoms with Gasteiger partial charge in [0.15, 0.2) is 5.11 Å². The Balaban J connectivity index is 1.76. The molecule has 6 nitrogen and oxygen atoms in total. The second-order valence-electron chi connectivity index (χ2n) is 5.99. The summed E-state index contributed by atoms with van der Waals surface area (Å²) in [6.45, 7) is 2.69. The Morgan fingerprint density at radius 3 is 2.68 bits per heavy atom. The topological polar surface area (TPSA) is 62.8 Å². The van der Waals surface area contributed by atoms with Crippen LogP contribution in [-0.2, 0) is 4.74 Å². The summed E-state index contributed by atoms with van der Waals surface area (Å²) in [5.41, 5.74) is 1.82. The summed E-state index contributed by atoms with van der Waals surface area (Å²) in [6, 6.07) is 10.3. The third-order valence-corrected chi connectivity index (χ3v) is 4.94. The zero-order chi connectivity index (χ0) is 20.1. The number of morpholine rings is 1. The lowest BCUT2D eigenvalue weighted by atomic mass is 10.2. The van der Waals surface area contributed by atoms with E-state index in [-0.39, 0.29) is 5.11 Å². The minimum atomic E-state index is -0.424. The zero-order valence-corrected chi connectivity index (χ0v) is 17.5. The van der Waals surface area contributed by atoms with Crippen LogP contribution in [0, 0.1) is 0 Å². The van der Waals surface area contributed by atoms with Crippen molar-refractivity contribution in [1.29, 1.82) is 0 Å². The number of anilines is 2. The Kier molecular flexibility index (Phi) is 6.96. The molecule has 2 aromatic carbocycles. The number of carbonyl (C=O) groups excluding carboxylic acids is 1. The lowest BCUT2D eigenvalue weighted by molar-refractivity contribution is 0.0975. The number of benzene rings is 2. The van der Waals surface area contributed by atoms with Crippen LogP contribution in [0.5, 0.6) is 5.75 Å². The van der Waals surface area contributed by atoms with Crippen molar-refractivity contribution in [3.8, 4) is 5.75 Å². The Hall–Kier alpha value is -2.06. The van der Waals surface area contributed by atoms with Crippen LogP contribution in [0.25, 0.3) is 0 Å². The van der Waals surface area contributed by atoms with Crippen LogP contribution in [0.3, 0.4) is 0 Å². The lowest BCUT2D eigenvalue weighted by Gasteiger charge is -2.31. The molecule has 28 heavy (non-hydrogen) atoms. The minimum Gasteiger partial charge on any atom is -0.496 e. The number of carbonyl (C=O) groups is 1. The van der Waals surface area contributed by atoms with Crippen LogP contribution >= 0.6 is 35.4 Å². The van der Waals surface area contributed by atoms with Gasteiger partial charge in [0.1, 0.15) is 5.75 Å². The Bertz CT molecular complexity index is 889. The molecule has 2 N–H and O–H groups in total. The molecule has 0 aliphatic carbocycles. The average molecular weight is 440 g/mol. The second kappa shape index (κ2) is 9.43. The van der Waals surface area contributed by atoms with Gasteiger partial charge in [-0.2, -0.15) is 0 Å². The highest BCUT2D eigenvalue weighted by Gasteiger charge is 2.19. The normalized spacial score (nSPS) is 13.8. The highest BCUT2D eigenvalue weighted by atomic mass is 35.5. The molecule has 2 aromatic rings. The summed E-state index contributed by atoms with van der Waals surface area (Å²) in [4.78, 5) is 14.7. The molecular formula is C19H19Cl2N3O3S. The number of nitrogens with zero attached hydrogens (tertiary/aromatic N) is 1. The number of hydrogen-bond donors (Lipinski definition) is 2. The number of hydrogen-bond acceptors (Lipinski definition) is 5. The number of nitrogens with one attached hydrogen (secondary N) is 2. The first-order valence-corrected chi connectivity index (χ1v) is 9.73. The fraction of sp³-hybridized carbons (Fsp3) is 0.263. The van der Waals surface area contributed by atoms with Crippen LogP contribution < -0.4 is 20.3 Å². The molecule has 0 radical (unpaired) electrons. The maximum absolute atomic E-state index is 12.6. The van der Waals surface area contributed by atoms with Gasteiger partial charge in [0, 0.05) is 18.1 Å². The first-order valence-electron chi connectivity index (χ1n) is 8.56. The van der Waals surface area contributed by atoms with E-state index in [1.807, 2.05) is 18.2 Å². The first kappa shape index (κ1) is 20.7. The second-order valence-corrected chi connectivity index (χ2v) is 7.24. The maximum Gasteiger partial charge on any atom is 0.261 e. The van der Waals surface area contributed by atoms with E-state index in [4.69, 9.17) is 44.9 Å². The van der Waals surface area contributed by atoms with Crippen molar-refractivity contribution in [3.05, 3.63) is 52.0 Å². The highest BCUT2D eigenvalue weighted by molar-refractivity contribution is 7.80. The summed E-state index contributed by atoms with van der Waals surface area (Å²) < 4.78 is 10.6. The van der Waals surface area contributed by atoms with Gasteiger partial charge in [0.05, 0.1) is 42.3 Å². The molecule has 0 aromatic heterocycles. The van der Waals surface area contributed by atoms with Gasteiger partial charge < -0.3 is 19.7 Å². The summed E-state index contributed by atoms with van der Waals surface area (Å²) in [6.07, 6.45) is 0. The van der Waals surface area contributed by atoms with Gasteiger partial charge in [0.2, 0.25) is 0 Å². The molecule has 0 bridgehead atoms. The van der Waals surface area contributed by atoms with Crippen LogP contribution in [0.15, 0.2) is 36.4 Å². The van der Waals surface area contributed by atoms with E-state index in [0.29, 0.717) is 40.3 Å². The minimum absolute atomic E-state index is 0.142. The predicted octanol–water partition coefficient (Wildman–Crippen LogP) is 3.97. The molecule has 0 atom stereocenters. The van der Waals surface area contributed by atoms with Crippen molar-refractivity contribution in [1.82, 2.24) is 5.32 Å². The fourth-order valence-electron chi connectivity index (χ4n) is 2.91. The molecule has 1 heterocycles. The van der Waals surface area contributed by atoms with E-state index >= 15 is 0 Å². The number of para-hydroxylation sites is 1. The largest absolute Gasteiger partial charge is 0.496 e. The molecule has 1 saturated heterocycles. The van der Waals surface area contributed by atoms with Gasteiger partial charge >= 0.3 is 0 Å². The van der Waals surface area contributed by atoms with E-state index in [9.17, 15) is 4.79 Å². The van der Waals surface area contributed by atoms with E-state index < -0.39 is 5.91 Å². The van der Waals surface area contributed by atoms with Crippen LogP contribution in [0.4, 0.5) is 11.4 Å². The van der Waals surface area contributed by atoms with Crippen LogP contribution in [0.1, 0.15) is 10.4 Å². The third kappa shape index (κ3) is 4.86. The van der Waals surface area contributed by atoms with E-state index in [0.717, 1.165) is 18.8 Å². The Morgan fingerprint density at radius 1 is 1.21 bits per heavy atom. The average Bonchev–Trinajstić information content (AvgIpc) is 2.68. The summed E-state index contributed by atoms with van der Waals surface area (Å²) >= 11 is 17.7. The Labute approximate surface area is 178 Å². The SMILES string of the molecule is COc1ccc(Cl)cc1C(=O)NC(=S)Nc1cccc(Cl)c1N1CCOCC1. The number of halogens is 2.